The van der Waals surface area contributed by atoms with Crippen molar-refractivity contribution in [1.82, 2.24) is 9.21 Å². The maximum absolute atomic E-state index is 12.1. The van der Waals surface area contributed by atoms with Crippen molar-refractivity contribution in [3.63, 3.8) is 0 Å². The Morgan fingerprint density at radius 2 is 2.10 bits per heavy atom. The highest BCUT2D eigenvalue weighted by molar-refractivity contribution is 7.89. The topological polar surface area (TPSA) is 59.1 Å². The third kappa shape index (κ3) is 3.71. The minimum absolute atomic E-state index is 0.0491. The van der Waals surface area contributed by atoms with Gasteiger partial charge in [-0.3, -0.25) is 0 Å². The van der Waals surface area contributed by atoms with Crippen LogP contribution >= 0.6 is 0 Å². The molecule has 0 bridgehead atoms. The zero-order chi connectivity index (χ0) is 14.6. The van der Waals surface area contributed by atoms with Crippen LogP contribution in [0.3, 0.4) is 0 Å². The summed E-state index contributed by atoms with van der Waals surface area (Å²) in [5, 5.41) is 0. The van der Waals surface area contributed by atoms with Gasteiger partial charge in [-0.25, -0.2) is 8.42 Å². The molecule has 0 N–H and O–H groups in total. The lowest BCUT2D eigenvalue weighted by Crippen LogP contribution is -2.44. The average molecular weight is 306 g/mol. The van der Waals surface area contributed by atoms with Gasteiger partial charge in [-0.05, 0) is 19.9 Å². The van der Waals surface area contributed by atoms with Crippen LogP contribution < -0.4 is 0 Å². The highest BCUT2D eigenvalue weighted by Gasteiger charge is 2.43. The van der Waals surface area contributed by atoms with Crippen LogP contribution in [-0.4, -0.2) is 83.0 Å². The number of methoxy groups -OCH3 is 1. The molecule has 2 aliphatic rings. The maximum Gasteiger partial charge on any atom is 0.213 e. The van der Waals surface area contributed by atoms with Crippen LogP contribution in [0.15, 0.2) is 0 Å². The Kier molecular flexibility index (Phi) is 5.42. The van der Waals surface area contributed by atoms with Gasteiger partial charge in [-0.2, -0.15) is 4.31 Å². The van der Waals surface area contributed by atoms with Crippen LogP contribution in [0.1, 0.15) is 13.3 Å². The molecular weight excluding hydrogens is 280 g/mol. The summed E-state index contributed by atoms with van der Waals surface area (Å²) in [5.41, 5.74) is -0.0491. The van der Waals surface area contributed by atoms with E-state index in [9.17, 15) is 8.42 Å². The van der Waals surface area contributed by atoms with Crippen LogP contribution in [0.25, 0.3) is 0 Å². The number of rotatable bonds is 5. The van der Waals surface area contributed by atoms with Crippen LogP contribution in [0, 0.1) is 5.41 Å². The monoisotopic (exact) mass is 306 g/mol. The molecule has 2 fully saturated rings. The highest BCUT2D eigenvalue weighted by atomic mass is 32.2. The van der Waals surface area contributed by atoms with Gasteiger partial charge in [0.25, 0.3) is 0 Å². The second-order valence-corrected chi connectivity index (χ2v) is 8.06. The molecule has 2 aliphatic heterocycles. The molecule has 0 aromatic rings. The molecule has 0 saturated carbocycles. The number of hydrogen-bond acceptors (Lipinski definition) is 5. The molecule has 0 aliphatic carbocycles. The zero-order valence-electron chi connectivity index (χ0n) is 12.5. The lowest BCUT2D eigenvalue weighted by atomic mass is 9.88. The van der Waals surface area contributed by atoms with Gasteiger partial charge in [0.05, 0.1) is 25.6 Å². The summed E-state index contributed by atoms with van der Waals surface area (Å²) in [5.74, 6) is 0.163. The smallest absolute Gasteiger partial charge is 0.213 e. The molecule has 118 valence electrons. The van der Waals surface area contributed by atoms with Crippen LogP contribution in [0.4, 0.5) is 0 Å². The van der Waals surface area contributed by atoms with Gasteiger partial charge in [0.2, 0.25) is 10.0 Å². The molecule has 1 spiro atoms. The highest BCUT2D eigenvalue weighted by Crippen LogP contribution is 2.34. The molecule has 0 aromatic heterocycles. The molecule has 0 radical (unpaired) electrons. The fraction of sp³-hybridized carbons (Fsp3) is 1.00. The van der Waals surface area contributed by atoms with Crippen molar-refractivity contribution >= 4 is 10.0 Å². The van der Waals surface area contributed by atoms with Crippen molar-refractivity contribution in [3.05, 3.63) is 0 Å². The maximum atomic E-state index is 12.1. The van der Waals surface area contributed by atoms with Crippen LogP contribution in [0.2, 0.25) is 0 Å². The summed E-state index contributed by atoms with van der Waals surface area (Å²) in [7, 11) is -1.43. The lowest BCUT2D eigenvalue weighted by molar-refractivity contribution is 0.0697. The van der Waals surface area contributed by atoms with Crippen molar-refractivity contribution in [2.45, 2.75) is 13.3 Å². The largest absolute Gasteiger partial charge is 0.383 e. The number of ether oxygens (including phenoxy) is 2. The SMILES string of the molecule is CCS(=O)(=O)N1CCOCC2(CCN(CCOC)C2)C1. The number of sulfonamides is 1. The van der Waals surface area contributed by atoms with Gasteiger partial charge in [0.15, 0.2) is 0 Å². The molecule has 2 saturated heterocycles. The van der Waals surface area contributed by atoms with E-state index in [2.05, 4.69) is 4.90 Å². The van der Waals surface area contributed by atoms with Crippen LogP contribution in [-0.2, 0) is 19.5 Å². The van der Waals surface area contributed by atoms with Crippen molar-refractivity contribution in [3.8, 4) is 0 Å². The summed E-state index contributed by atoms with van der Waals surface area (Å²) >= 11 is 0. The number of hydrogen-bond donors (Lipinski definition) is 0. The Bertz CT molecular complexity index is 415. The van der Waals surface area contributed by atoms with Crippen molar-refractivity contribution in [2.24, 2.45) is 5.41 Å². The van der Waals surface area contributed by atoms with Gasteiger partial charge in [0, 0.05) is 38.7 Å². The quantitative estimate of drug-likeness (QED) is 0.716. The van der Waals surface area contributed by atoms with Crippen LogP contribution in [0.5, 0.6) is 0 Å². The number of nitrogens with zero attached hydrogens (tertiary/aromatic N) is 2. The van der Waals surface area contributed by atoms with Gasteiger partial charge >= 0.3 is 0 Å². The van der Waals surface area contributed by atoms with Gasteiger partial charge in [0.1, 0.15) is 0 Å². The Balaban J connectivity index is 2.04. The van der Waals surface area contributed by atoms with Crippen molar-refractivity contribution < 1.29 is 17.9 Å². The number of likely N-dealkylation sites (tertiary alicyclic amines) is 1. The molecule has 20 heavy (non-hydrogen) atoms. The van der Waals surface area contributed by atoms with E-state index in [0.29, 0.717) is 32.9 Å². The van der Waals surface area contributed by atoms with E-state index in [-0.39, 0.29) is 11.2 Å². The van der Waals surface area contributed by atoms with E-state index in [0.717, 1.165) is 26.1 Å². The predicted molar refractivity (Wildman–Crippen MR) is 77.2 cm³/mol. The summed E-state index contributed by atoms with van der Waals surface area (Å²) < 4.78 is 36.7. The second kappa shape index (κ2) is 6.70. The minimum Gasteiger partial charge on any atom is -0.383 e. The standard InChI is InChI=1S/C13H26N2O4S/c1-3-20(16,17)15-7-9-19-12-13(11-15)4-5-14(10-13)6-8-18-2/h3-12H2,1-2H3. The summed E-state index contributed by atoms with van der Waals surface area (Å²) in [4.78, 5) is 2.34. The summed E-state index contributed by atoms with van der Waals surface area (Å²) in [6.45, 7) is 7.44. The lowest BCUT2D eigenvalue weighted by Gasteiger charge is -2.31. The summed E-state index contributed by atoms with van der Waals surface area (Å²) in [6.07, 6.45) is 0.993. The molecule has 2 rings (SSSR count). The first-order valence-corrected chi connectivity index (χ1v) is 8.89. The third-order valence-electron chi connectivity index (χ3n) is 4.29. The van der Waals surface area contributed by atoms with E-state index in [1.54, 1.807) is 18.3 Å². The Labute approximate surface area is 122 Å². The first kappa shape index (κ1) is 16.2. The van der Waals surface area contributed by atoms with Gasteiger partial charge in [-0.1, -0.05) is 0 Å². The molecular formula is C13H26N2O4S. The fourth-order valence-electron chi connectivity index (χ4n) is 3.06. The Morgan fingerprint density at radius 1 is 1.30 bits per heavy atom. The third-order valence-corrected chi connectivity index (χ3v) is 6.12. The van der Waals surface area contributed by atoms with E-state index in [1.807, 2.05) is 0 Å². The van der Waals surface area contributed by atoms with E-state index >= 15 is 0 Å². The first-order valence-electron chi connectivity index (χ1n) is 7.28. The molecule has 1 atom stereocenters. The molecule has 2 heterocycles. The molecule has 0 amide bonds. The van der Waals surface area contributed by atoms with Gasteiger partial charge < -0.3 is 14.4 Å². The normalized spacial score (nSPS) is 29.9. The van der Waals surface area contributed by atoms with E-state index in [4.69, 9.17) is 9.47 Å². The Hall–Kier alpha value is -0.210. The molecule has 6 nitrogen and oxygen atoms in total. The minimum atomic E-state index is -3.13. The van der Waals surface area contributed by atoms with Crippen molar-refractivity contribution in [2.75, 3.05) is 65.4 Å². The van der Waals surface area contributed by atoms with Gasteiger partial charge in [-0.15, -0.1) is 0 Å². The zero-order valence-corrected chi connectivity index (χ0v) is 13.3. The summed E-state index contributed by atoms with van der Waals surface area (Å²) in [6, 6.07) is 0. The average Bonchev–Trinajstić information content (AvgIpc) is 2.69. The second-order valence-electron chi connectivity index (χ2n) is 5.81. The van der Waals surface area contributed by atoms with Crippen molar-refractivity contribution in [1.29, 1.82) is 0 Å². The molecule has 7 heteroatoms. The molecule has 1 unspecified atom stereocenters. The predicted octanol–water partition coefficient (Wildman–Crippen LogP) is 0.00680. The fourth-order valence-corrected chi connectivity index (χ4v) is 4.25. The Morgan fingerprint density at radius 3 is 2.80 bits per heavy atom. The van der Waals surface area contributed by atoms with E-state index < -0.39 is 10.0 Å². The first-order chi connectivity index (χ1) is 9.51. The molecule has 0 aromatic carbocycles. The van der Waals surface area contributed by atoms with E-state index in [1.165, 1.54) is 0 Å².